The van der Waals surface area contributed by atoms with Gasteiger partial charge in [-0.05, 0) is 37.1 Å². The van der Waals surface area contributed by atoms with Crippen LogP contribution in [0.4, 0.5) is 10.8 Å². The number of ether oxygens (including phenoxy) is 1. The first-order chi connectivity index (χ1) is 14.2. The highest BCUT2D eigenvalue weighted by Crippen LogP contribution is 2.37. The number of nitrogens with zero attached hydrogens (tertiary/aromatic N) is 3. The Morgan fingerprint density at radius 3 is 2.50 bits per heavy atom. The molecule has 3 rings (SSSR count). The number of esters is 1. The molecule has 156 valence electrons. The van der Waals surface area contributed by atoms with Crippen LogP contribution in [0, 0.1) is 13.8 Å². The van der Waals surface area contributed by atoms with Crippen LogP contribution in [0.15, 0.2) is 29.8 Å². The molecule has 0 atom stereocenters. The van der Waals surface area contributed by atoms with Gasteiger partial charge in [0.05, 0.1) is 27.0 Å². The zero-order valence-corrected chi connectivity index (χ0v) is 19.3. The van der Waals surface area contributed by atoms with Crippen LogP contribution in [0.1, 0.15) is 34.1 Å². The van der Waals surface area contributed by atoms with Crippen molar-refractivity contribution >= 4 is 68.8 Å². The fraction of sp³-hybridized carbons (Fsp3) is 0.200. The Morgan fingerprint density at radius 2 is 1.87 bits per heavy atom. The highest BCUT2D eigenvalue weighted by Gasteiger charge is 2.23. The van der Waals surface area contributed by atoms with Crippen molar-refractivity contribution in [3.05, 3.63) is 67.4 Å². The maximum Gasteiger partial charge on any atom is 0.340 e. The summed E-state index contributed by atoms with van der Waals surface area (Å²) in [4.78, 5) is 34.3. The number of aryl methyl sites for hydroxylation is 2. The van der Waals surface area contributed by atoms with Crippen molar-refractivity contribution in [3.63, 3.8) is 0 Å². The number of benzene rings is 1. The zero-order chi connectivity index (χ0) is 22.0. The van der Waals surface area contributed by atoms with Crippen LogP contribution >= 0.6 is 46.1 Å². The molecule has 0 N–H and O–H groups in total. The lowest BCUT2D eigenvalue weighted by molar-refractivity contribution is -0.115. The minimum Gasteiger partial charge on any atom is -0.456 e. The Labute approximate surface area is 192 Å². The molecular weight excluding hydrogens is 469 g/mol. The number of rotatable bonds is 5. The summed E-state index contributed by atoms with van der Waals surface area (Å²) < 4.78 is 5.27. The average molecular weight is 485 g/mol. The molecule has 1 aromatic carbocycles. The van der Waals surface area contributed by atoms with Gasteiger partial charge >= 0.3 is 5.97 Å². The first-order valence-corrected chi connectivity index (χ1v) is 10.7. The molecule has 0 bridgehead atoms. The Bertz CT molecular complexity index is 1110. The molecule has 10 heteroatoms. The van der Waals surface area contributed by atoms with Crippen molar-refractivity contribution in [1.82, 2.24) is 9.97 Å². The van der Waals surface area contributed by atoms with Gasteiger partial charge in [0.25, 0.3) is 0 Å². The third-order valence-corrected chi connectivity index (χ3v) is 5.90. The summed E-state index contributed by atoms with van der Waals surface area (Å²) in [5.41, 5.74) is 3.09. The minimum atomic E-state index is -0.614. The molecule has 0 aliphatic rings. The Balaban J connectivity index is 1.79. The molecule has 3 aromatic rings. The fourth-order valence-corrected chi connectivity index (χ4v) is 4.33. The van der Waals surface area contributed by atoms with E-state index >= 15 is 0 Å². The predicted molar refractivity (Wildman–Crippen MR) is 119 cm³/mol. The molecule has 2 aromatic heterocycles. The molecule has 0 radical (unpaired) electrons. The second-order valence-electron chi connectivity index (χ2n) is 6.46. The van der Waals surface area contributed by atoms with E-state index in [0.717, 1.165) is 11.1 Å². The quantitative estimate of drug-likeness (QED) is 0.320. The fourth-order valence-electron chi connectivity index (χ4n) is 2.80. The normalized spacial score (nSPS) is 10.7. The number of carbonyl (C=O) groups excluding carboxylic acids is 2. The van der Waals surface area contributed by atoms with E-state index in [9.17, 15) is 9.59 Å². The van der Waals surface area contributed by atoms with Crippen LogP contribution in [0.2, 0.25) is 15.2 Å². The lowest BCUT2D eigenvalue weighted by Crippen LogP contribution is -2.24. The Kier molecular flexibility index (Phi) is 6.98. The summed E-state index contributed by atoms with van der Waals surface area (Å²) >= 11 is 19.3. The van der Waals surface area contributed by atoms with E-state index in [0.29, 0.717) is 21.5 Å². The van der Waals surface area contributed by atoms with E-state index in [2.05, 4.69) is 9.97 Å². The third kappa shape index (κ3) is 4.92. The Hall–Kier alpha value is -2.19. The number of aromatic nitrogens is 2. The van der Waals surface area contributed by atoms with Crippen molar-refractivity contribution < 1.29 is 14.3 Å². The maximum atomic E-state index is 12.4. The topological polar surface area (TPSA) is 72.4 Å². The average Bonchev–Trinajstić information content (AvgIpc) is 3.12. The van der Waals surface area contributed by atoms with Gasteiger partial charge in [-0.3, -0.25) is 9.69 Å². The van der Waals surface area contributed by atoms with Crippen LogP contribution in [0.3, 0.4) is 0 Å². The van der Waals surface area contributed by atoms with Gasteiger partial charge in [-0.25, -0.2) is 14.8 Å². The number of pyridine rings is 1. The molecule has 2 heterocycles. The van der Waals surface area contributed by atoms with Gasteiger partial charge in [0.1, 0.15) is 11.8 Å². The lowest BCUT2D eigenvalue weighted by atomic mass is 10.1. The van der Waals surface area contributed by atoms with Crippen LogP contribution < -0.4 is 4.90 Å². The lowest BCUT2D eigenvalue weighted by Gasteiger charge is -2.22. The maximum absolute atomic E-state index is 12.4. The summed E-state index contributed by atoms with van der Waals surface area (Å²) in [5, 5.41) is 2.86. The smallest absolute Gasteiger partial charge is 0.340 e. The molecule has 1 amide bonds. The first-order valence-electron chi connectivity index (χ1n) is 8.67. The number of halogens is 3. The predicted octanol–water partition coefficient (Wildman–Crippen LogP) is 6.16. The summed E-state index contributed by atoms with van der Waals surface area (Å²) in [6.45, 7) is 5.17. The van der Waals surface area contributed by atoms with Gasteiger partial charge in [0, 0.05) is 18.5 Å². The molecule has 30 heavy (non-hydrogen) atoms. The molecule has 0 unspecified atom stereocenters. The minimum absolute atomic E-state index is 0.0814. The van der Waals surface area contributed by atoms with Crippen LogP contribution in [0.5, 0.6) is 0 Å². The van der Waals surface area contributed by atoms with E-state index in [1.54, 1.807) is 11.4 Å². The molecule has 0 saturated carbocycles. The van der Waals surface area contributed by atoms with Crippen molar-refractivity contribution in [3.8, 4) is 0 Å². The van der Waals surface area contributed by atoms with Crippen molar-refractivity contribution in [2.24, 2.45) is 0 Å². The standard InChI is InChI=1S/C20H16Cl3N3O3S/c1-10-4-11(2)17(15(21)5-10)26(12(3)27)20-25-14(9-30-20)8-29-19(28)13-6-16(22)18(23)24-7-13/h4-7,9H,8H2,1-3H3. The summed E-state index contributed by atoms with van der Waals surface area (Å²) in [6, 6.07) is 5.12. The van der Waals surface area contributed by atoms with Gasteiger partial charge in [-0.1, -0.05) is 40.9 Å². The van der Waals surface area contributed by atoms with Gasteiger partial charge in [-0.2, -0.15) is 0 Å². The molecule has 0 spiro atoms. The second-order valence-corrected chi connectivity index (χ2v) is 8.47. The molecule has 0 aliphatic heterocycles. The monoisotopic (exact) mass is 483 g/mol. The van der Waals surface area contributed by atoms with Gasteiger partial charge in [0.15, 0.2) is 5.13 Å². The number of thiazole rings is 1. The molecule has 0 saturated heterocycles. The number of carbonyl (C=O) groups is 2. The van der Waals surface area contributed by atoms with Crippen molar-refractivity contribution in [2.45, 2.75) is 27.4 Å². The number of amides is 1. The van der Waals surface area contributed by atoms with E-state index < -0.39 is 5.97 Å². The van der Waals surface area contributed by atoms with Crippen molar-refractivity contribution in [1.29, 1.82) is 0 Å². The van der Waals surface area contributed by atoms with Crippen LogP contribution in [-0.4, -0.2) is 21.8 Å². The van der Waals surface area contributed by atoms with E-state index in [1.165, 1.54) is 35.4 Å². The number of hydrogen-bond acceptors (Lipinski definition) is 6. The molecule has 0 fully saturated rings. The summed E-state index contributed by atoms with van der Waals surface area (Å²) in [7, 11) is 0. The molecular formula is C20H16Cl3N3O3S. The molecule has 0 aliphatic carbocycles. The van der Waals surface area contributed by atoms with Gasteiger partial charge < -0.3 is 4.74 Å². The summed E-state index contributed by atoms with van der Waals surface area (Å²) in [6.07, 6.45) is 1.28. The molecule has 6 nitrogen and oxygen atoms in total. The van der Waals surface area contributed by atoms with Crippen molar-refractivity contribution in [2.75, 3.05) is 4.90 Å². The summed E-state index contributed by atoms with van der Waals surface area (Å²) in [5.74, 6) is -0.847. The van der Waals surface area contributed by atoms with Crippen LogP contribution in [-0.2, 0) is 16.1 Å². The zero-order valence-electron chi connectivity index (χ0n) is 16.2. The third-order valence-electron chi connectivity index (χ3n) is 4.05. The second kappa shape index (κ2) is 9.31. The van der Waals surface area contributed by atoms with Gasteiger partial charge in [-0.15, -0.1) is 11.3 Å². The van der Waals surface area contributed by atoms with E-state index in [1.807, 2.05) is 19.9 Å². The highest BCUT2D eigenvalue weighted by atomic mass is 35.5. The van der Waals surface area contributed by atoms with Crippen LogP contribution in [0.25, 0.3) is 0 Å². The number of anilines is 2. The SMILES string of the molecule is CC(=O)N(c1nc(COC(=O)c2cnc(Cl)c(Cl)c2)cs1)c1c(C)cc(C)cc1Cl. The van der Waals surface area contributed by atoms with E-state index in [-0.39, 0.29) is 28.3 Å². The number of hydrogen-bond donors (Lipinski definition) is 0. The van der Waals surface area contributed by atoms with Gasteiger partial charge in [0.2, 0.25) is 5.91 Å². The first kappa shape index (κ1) is 22.5. The largest absolute Gasteiger partial charge is 0.456 e. The Morgan fingerprint density at radius 1 is 1.13 bits per heavy atom. The van der Waals surface area contributed by atoms with E-state index in [4.69, 9.17) is 39.5 Å². The highest BCUT2D eigenvalue weighted by molar-refractivity contribution is 7.14.